The summed E-state index contributed by atoms with van der Waals surface area (Å²) in [6, 6.07) is 4.41. The van der Waals surface area contributed by atoms with Gasteiger partial charge in [-0.05, 0) is 23.8 Å². The number of benzene rings is 2. The van der Waals surface area contributed by atoms with Crippen molar-refractivity contribution in [1.82, 2.24) is 0 Å². The first kappa shape index (κ1) is 20.6. The minimum atomic E-state index is -1.19. The van der Waals surface area contributed by atoms with Crippen molar-refractivity contribution in [2.75, 3.05) is 6.61 Å². The molecule has 156 valence electrons. The molecule has 0 saturated heterocycles. The lowest BCUT2D eigenvalue weighted by Crippen LogP contribution is -2.39. The second-order valence-electron chi connectivity index (χ2n) is 7.07. The van der Waals surface area contributed by atoms with Crippen molar-refractivity contribution in [2.24, 2.45) is 5.92 Å². The Bertz CT molecular complexity index is 896. The highest BCUT2D eigenvalue weighted by Gasteiger charge is 2.41. The van der Waals surface area contributed by atoms with Crippen LogP contribution in [0.5, 0.6) is 34.5 Å². The molecule has 4 N–H and O–H groups in total. The summed E-state index contributed by atoms with van der Waals surface area (Å²) in [4.78, 5) is 13.1. The second kappa shape index (κ2) is 8.08. The Labute approximate surface area is 167 Å². The van der Waals surface area contributed by atoms with E-state index in [2.05, 4.69) is 0 Å². The fourth-order valence-corrected chi connectivity index (χ4v) is 3.36. The van der Waals surface area contributed by atoms with Crippen LogP contribution in [0.3, 0.4) is 0 Å². The minimum absolute atomic E-state index is 0.0648. The number of carbonyl (C=O) groups excluding carboxylic acids is 1. The van der Waals surface area contributed by atoms with Crippen molar-refractivity contribution in [1.29, 1.82) is 0 Å². The van der Waals surface area contributed by atoms with Gasteiger partial charge in [0.2, 0.25) is 5.78 Å². The predicted octanol–water partition coefficient (Wildman–Crippen LogP) is 2.72. The van der Waals surface area contributed by atoms with Gasteiger partial charge in [-0.25, -0.2) is 0 Å². The first-order chi connectivity index (χ1) is 13.8. The molecule has 3 rings (SSSR count). The molecule has 0 bridgehead atoms. The Morgan fingerprint density at radius 1 is 1.03 bits per heavy atom. The summed E-state index contributed by atoms with van der Waals surface area (Å²) >= 11 is 0. The predicted molar refractivity (Wildman–Crippen MR) is 101 cm³/mol. The molecule has 8 nitrogen and oxygen atoms in total. The molecule has 0 fully saturated rings. The third-order valence-electron chi connectivity index (χ3n) is 5.17. The number of hydrogen-bond donors (Lipinski definition) is 4. The number of hydrogen-bond acceptors (Lipinski definition) is 8. The molecular formula is C21H23O8-. The summed E-state index contributed by atoms with van der Waals surface area (Å²) in [5.74, 6) is -3.51. The zero-order valence-corrected chi connectivity index (χ0v) is 16.1. The van der Waals surface area contributed by atoms with Gasteiger partial charge in [-0.15, -0.1) is 0 Å². The van der Waals surface area contributed by atoms with E-state index in [1.165, 1.54) is 6.07 Å². The van der Waals surface area contributed by atoms with Crippen LogP contribution in [-0.2, 0) is 4.74 Å². The Kier molecular flexibility index (Phi) is 5.74. The zero-order chi connectivity index (χ0) is 21.3. The van der Waals surface area contributed by atoms with Gasteiger partial charge in [0, 0.05) is 17.7 Å². The van der Waals surface area contributed by atoms with Crippen LogP contribution in [0, 0.1) is 5.92 Å². The topological polar surface area (TPSA) is 140 Å². The fraction of sp³-hybridized carbons (Fsp3) is 0.381. The molecule has 1 aliphatic heterocycles. The molecule has 2 atom stereocenters. The maximum Gasteiger partial charge on any atom is 0.203 e. The van der Waals surface area contributed by atoms with Crippen LogP contribution in [-0.4, -0.2) is 38.9 Å². The number of aromatic hydroxyl groups is 4. The maximum absolute atomic E-state index is 13.1. The molecule has 1 aliphatic rings. The highest BCUT2D eigenvalue weighted by molar-refractivity contribution is 6.05. The first-order valence-corrected chi connectivity index (χ1v) is 9.38. The van der Waals surface area contributed by atoms with Crippen LogP contribution < -0.4 is 9.84 Å². The Hall–Kier alpha value is -3.13. The molecule has 29 heavy (non-hydrogen) atoms. The lowest BCUT2D eigenvalue weighted by atomic mass is 9.92. The number of phenolic OH excluding ortho intramolecular Hbond substituents is 4. The lowest BCUT2D eigenvalue weighted by Gasteiger charge is -2.34. The minimum Gasteiger partial charge on any atom is -0.867 e. The van der Waals surface area contributed by atoms with E-state index in [9.17, 15) is 30.3 Å². The molecule has 0 saturated carbocycles. The summed E-state index contributed by atoms with van der Waals surface area (Å²) in [7, 11) is 0. The molecule has 8 heteroatoms. The monoisotopic (exact) mass is 403 g/mol. The Morgan fingerprint density at radius 3 is 2.24 bits per heavy atom. The van der Waals surface area contributed by atoms with Crippen molar-refractivity contribution in [3.05, 3.63) is 35.4 Å². The summed E-state index contributed by atoms with van der Waals surface area (Å²) < 4.78 is 11.7. The highest BCUT2D eigenvalue weighted by atomic mass is 16.5. The van der Waals surface area contributed by atoms with Gasteiger partial charge in [-0.3, -0.25) is 4.79 Å². The van der Waals surface area contributed by atoms with Crippen molar-refractivity contribution in [3.63, 3.8) is 0 Å². The van der Waals surface area contributed by atoms with Crippen LogP contribution in [0.2, 0.25) is 0 Å². The van der Waals surface area contributed by atoms with E-state index in [4.69, 9.17) is 9.47 Å². The molecule has 0 unspecified atom stereocenters. The van der Waals surface area contributed by atoms with Gasteiger partial charge < -0.3 is 35.0 Å². The smallest absolute Gasteiger partial charge is 0.203 e. The van der Waals surface area contributed by atoms with Crippen molar-refractivity contribution >= 4 is 5.78 Å². The Balaban J connectivity index is 2.06. The summed E-state index contributed by atoms with van der Waals surface area (Å²) in [6.07, 6.45) is -0.617. The average Bonchev–Trinajstić information content (AvgIpc) is 2.67. The van der Waals surface area contributed by atoms with E-state index in [1.54, 1.807) is 0 Å². The van der Waals surface area contributed by atoms with Crippen molar-refractivity contribution in [3.8, 4) is 34.5 Å². The standard InChI is InChI=1S/C21H24O8/c1-3-10(4-2)9-28-21-19(27)17-13(23)7-12(22)8-16(17)29-20(21)11-5-14(24)18(26)15(25)6-11/h5-8,10,20-26H,3-4,9H2,1-2H3/p-1/t20-,21+/m1/s1. The molecule has 0 spiro atoms. The molecule has 0 aliphatic carbocycles. The third kappa shape index (κ3) is 3.88. The summed E-state index contributed by atoms with van der Waals surface area (Å²) in [5.41, 5.74) is 0.0264. The van der Waals surface area contributed by atoms with Crippen molar-refractivity contribution < 1.29 is 39.8 Å². The third-order valence-corrected chi connectivity index (χ3v) is 5.17. The van der Waals surface area contributed by atoms with E-state index < -0.39 is 41.0 Å². The number of rotatable bonds is 6. The zero-order valence-electron chi connectivity index (χ0n) is 16.1. The van der Waals surface area contributed by atoms with Crippen LogP contribution in [0.1, 0.15) is 48.7 Å². The molecular weight excluding hydrogens is 380 g/mol. The van der Waals surface area contributed by atoms with E-state index >= 15 is 0 Å². The maximum atomic E-state index is 13.1. The van der Waals surface area contributed by atoms with E-state index in [0.717, 1.165) is 31.0 Å². The van der Waals surface area contributed by atoms with Gasteiger partial charge in [0.15, 0.2) is 12.2 Å². The molecule has 1 heterocycles. The van der Waals surface area contributed by atoms with E-state index in [-0.39, 0.29) is 35.2 Å². The summed E-state index contributed by atoms with van der Waals surface area (Å²) in [5, 5.41) is 51.1. The lowest BCUT2D eigenvalue weighted by molar-refractivity contribution is -0.272. The van der Waals surface area contributed by atoms with Crippen LogP contribution in [0.25, 0.3) is 0 Å². The quantitative estimate of drug-likeness (QED) is 0.577. The molecule has 2 aromatic rings. The van der Waals surface area contributed by atoms with Gasteiger partial charge >= 0.3 is 0 Å². The van der Waals surface area contributed by atoms with Gasteiger partial charge in [0.25, 0.3) is 0 Å². The number of Topliss-reactive ketones (excluding diaryl/α,β-unsaturated/α-hetero) is 1. The fourth-order valence-electron chi connectivity index (χ4n) is 3.36. The van der Waals surface area contributed by atoms with Crippen molar-refractivity contribution in [2.45, 2.75) is 38.9 Å². The highest BCUT2D eigenvalue weighted by Crippen LogP contribution is 2.45. The molecule has 0 aromatic heterocycles. The molecule has 0 amide bonds. The SMILES string of the molecule is CCC(CC)CO[C@H]1C(=O)c2c(O)cc(O)cc2O[C@@H]1c1cc(O)c([O-])c(O)c1. The largest absolute Gasteiger partial charge is 0.867 e. The normalized spacial score (nSPS) is 18.5. The number of phenols is 4. The first-order valence-electron chi connectivity index (χ1n) is 9.38. The summed E-state index contributed by atoms with van der Waals surface area (Å²) in [6.45, 7) is 4.26. The molecule has 2 aromatic carbocycles. The van der Waals surface area contributed by atoms with E-state index in [1.807, 2.05) is 13.8 Å². The number of ketones is 1. The average molecular weight is 403 g/mol. The van der Waals surface area contributed by atoms with Gasteiger partial charge in [0.1, 0.15) is 34.3 Å². The number of carbonyl (C=O) groups is 1. The van der Waals surface area contributed by atoms with Gasteiger partial charge in [-0.1, -0.05) is 26.7 Å². The van der Waals surface area contributed by atoms with Crippen LogP contribution in [0.4, 0.5) is 0 Å². The second-order valence-corrected chi connectivity index (χ2v) is 7.07. The van der Waals surface area contributed by atoms with Crippen LogP contribution in [0.15, 0.2) is 24.3 Å². The number of fused-ring (bicyclic) bond motifs is 1. The number of ether oxygens (including phenoxy) is 2. The van der Waals surface area contributed by atoms with Gasteiger partial charge in [-0.2, -0.15) is 0 Å². The van der Waals surface area contributed by atoms with E-state index in [0.29, 0.717) is 0 Å². The van der Waals surface area contributed by atoms with Crippen LogP contribution >= 0.6 is 0 Å². The van der Waals surface area contributed by atoms with Gasteiger partial charge in [0.05, 0.1) is 6.61 Å². The Morgan fingerprint density at radius 2 is 1.66 bits per heavy atom. The molecule has 0 radical (unpaired) electrons.